The summed E-state index contributed by atoms with van der Waals surface area (Å²) in [6.45, 7) is 7.36. The quantitative estimate of drug-likeness (QED) is 0.593. The van der Waals surface area contributed by atoms with E-state index in [9.17, 15) is 5.11 Å². The highest BCUT2D eigenvalue weighted by molar-refractivity contribution is 5.41. The third-order valence-corrected chi connectivity index (χ3v) is 10.6. The molecule has 1 aromatic rings. The lowest BCUT2D eigenvalue weighted by Crippen LogP contribution is -2.54. The van der Waals surface area contributed by atoms with Crippen molar-refractivity contribution in [1.82, 2.24) is 0 Å². The fourth-order valence-corrected chi connectivity index (χ4v) is 9.06. The number of fused-ring (bicyclic) bond motifs is 5. The largest absolute Gasteiger partial charge is 0.508 e. The Morgan fingerprint density at radius 2 is 1.69 bits per heavy atom. The molecule has 2 heteroatoms. The summed E-state index contributed by atoms with van der Waals surface area (Å²) in [5, 5.41) is 10.6. The SMILES string of the molecule is COC1CC[C@H]2[C@@H]3CCC4CC(c5c(C)cccc5O)CC[C@]4(C)[C@@H]3CC[C@]12C. The third kappa shape index (κ3) is 2.84. The maximum absolute atomic E-state index is 10.6. The number of benzene rings is 1. The van der Waals surface area contributed by atoms with E-state index in [-0.39, 0.29) is 0 Å². The average Bonchev–Trinajstić information content (AvgIpc) is 3.04. The molecular weight excluding hydrogens is 356 g/mol. The molecule has 5 rings (SSSR count). The summed E-state index contributed by atoms with van der Waals surface area (Å²) in [6.07, 6.45) is 12.6. The van der Waals surface area contributed by atoms with Crippen molar-refractivity contribution >= 4 is 0 Å². The Bertz CT molecular complexity index is 752. The van der Waals surface area contributed by atoms with Crippen LogP contribution in [0.4, 0.5) is 0 Å². The van der Waals surface area contributed by atoms with Gasteiger partial charge in [-0.3, -0.25) is 0 Å². The van der Waals surface area contributed by atoms with Gasteiger partial charge >= 0.3 is 0 Å². The molecule has 2 nitrogen and oxygen atoms in total. The molecule has 4 aliphatic rings. The van der Waals surface area contributed by atoms with Crippen molar-refractivity contribution in [2.24, 2.45) is 34.5 Å². The Labute approximate surface area is 177 Å². The molecule has 0 bridgehead atoms. The lowest BCUT2D eigenvalue weighted by molar-refractivity contribution is -0.127. The molecule has 0 saturated heterocycles. The van der Waals surface area contributed by atoms with Crippen molar-refractivity contribution in [1.29, 1.82) is 0 Å². The third-order valence-electron chi connectivity index (χ3n) is 10.6. The van der Waals surface area contributed by atoms with Crippen LogP contribution >= 0.6 is 0 Å². The predicted octanol–water partition coefficient (Wildman–Crippen LogP) is 6.84. The topological polar surface area (TPSA) is 29.5 Å². The fourth-order valence-electron chi connectivity index (χ4n) is 9.06. The van der Waals surface area contributed by atoms with E-state index < -0.39 is 0 Å². The summed E-state index contributed by atoms with van der Waals surface area (Å²) >= 11 is 0. The van der Waals surface area contributed by atoms with E-state index in [1.54, 1.807) is 0 Å². The normalized spacial score (nSPS) is 46.6. The van der Waals surface area contributed by atoms with E-state index in [2.05, 4.69) is 26.8 Å². The lowest BCUT2D eigenvalue weighted by Gasteiger charge is -2.61. The zero-order valence-electron chi connectivity index (χ0n) is 18.9. The highest BCUT2D eigenvalue weighted by Crippen LogP contribution is 2.67. The molecule has 4 saturated carbocycles. The van der Waals surface area contributed by atoms with Crippen molar-refractivity contribution in [2.45, 2.75) is 90.6 Å². The highest BCUT2D eigenvalue weighted by atomic mass is 16.5. The van der Waals surface area contributed by atoms with Gasteiger partial charge in [-0.05, 0) is 122 Å². The summed E-state index contributed by atoms with van der Waals surface area (Å²) < 4.78 is 5.96. The van der Waals surface area contributed by atoms with Crippen LogP contribution in [0.5, 0.6) is 5.75 Å². The number of aryl methyl sites for hydroxylation is 1. The van der Waals surface area contributed by atoms with Crippen LogP contribution in [0.15, 0.2) is 18.2 Å². The summed E-state index contributed by atoms with van der Waals surface area (Å²) in [5.41, 5.74) is 3.44. The van der Waals surface area contributed by atoms with Crippen molar-refractivity contribution in [3.63, 3.8) is 0 Å². The van der Waals surface area contributed by atoms with Crippen LogP contribution in [-0.2, 0) is 4.74 Å². The summed E-state index contributed by atoms with van der Waals surface area (Å²) in [6, 6.07) is 6.05. The van der Waals surface area contributed by atoms with E-state index in [0.717, 1.165) is 23.7 Å². The Kier molecular flexibility index (Phi) is 4.81. The minimum atomic E-state index is 0.420. The first kappa shape index (κ1) is 19.9. The van der Waals surface area contributed by atoms with Gasteiger partial charge in [-0.2, -0.15) is 0 Å². The number of phenols is 1. The lowest BCUT2D eigenvalue weighted by atomic mass is 9.44. The van der Waals surface area contributed by atoms with E-state index in [0.29, 0.717) is 28.6 Å². The molecule has 29 heavy (non-hydrogen) atoms. The van der Waals surface area contributed by atoms with Crippen LogP contribution in [0.25, 0.3) is 0 Å². The van der Waals surface area contributed by atoms with Crippen LogP contribution in [0, 0.1) is 41.4 Å². The molecule has 4 aliphatic carbocycles. The van der Waals surface area contributed by atoms with Crippen molar-refractivity contribution in [3.8, 4) is 5.75 Å². The molecule has 0 radical (unpaired) electrons. The Morgan fingerprint density at radius 3 is 2.45 bits per heavy atom. The van der Waals surface area contributed by atoms with Crippen molar-refractivity contribution < 1.29 is 9.84 Å². The number of aromatic hydroxyl groups is 1. The molecule has 0 aliphatic heterocycles. The minimum Gasteiger partial charge on any atom is -0.508 e. The van der Waals surface area contributed by atoms with E-state index in [4.69, 9.17) is 4.74 Å². The molecule has 0 heterocycles. The van der Waals surface area contributed by atoms with Crippen molar-refractivity contribution in [2.75, 3.05) is 7.11 Å². The number of rotatable bonds is 2. The fraction of sp³-hybridized carbons (Fsp3) is 0.778. The second-order valence-electron chi connectivity index (χ2n) is 11.5. The standard InChI is InChI=1S/C27H40O2/c1-17-6-5-7-23(28)25(17)18-12-14-26(2)19(16-18)8-9-20-21-10-11-24(29-4)27(21,3)15-13-22(20)26/h5-7,18-22,24,28H,8-16H2,1-4H3/t18?,19?,20-,21-,22+,24?,26-,27-/m0/s1. The first-order valence-corrected chi connectivity index (χ1v) is 12.2. The molecule has 3 unspecified atom stereocenters. The predicted molar refractivity (Wildman–Crippen MR) is 118 cm³/mol. The van der Waals surface area contributed by atoms with Gasteiger partial charge in [0.05, 0.1) is 6.10 Å². The molecule has 0 aromatic heterocycles. The van der Waals surface area contributed by atoms with Gasteiger partial charge in [0.25, 0.3) is 0 Å². The van der Waals surface area contributed by atoms with Gasteiger partial charge in [-0.25, -0.2) is 0 Å². The van der Waals surface area contributed by atoms with E-state index >= 15 is 0 Å². The number of phenolic OH excluding ortho intramolecular Hbond substituents is 1. The molecule has 8 atom stereocenters. The maximum Gasteiger partial charge on any atom is 0.119 e. The van der Waals surface area contributed by atoms with Gasteiger partial charge in [0.15, 0.2) is 0 Å². The Balaban J connectivity index is 1.38. The Hall–Kier alpha value is -1.02. The van der Waals surface area contributed by atoms with Gasteiger partial charge < -0.3 is 9.84 Å². The smallest absolute Gasteiger partial charge is 0.119 e. The van der Waals surface area contributed by atoms with Crippen LogP contribution in [0.3, 0.4) is 0 Å². The molecule has 1 aromatic carbocycles. The molecule has 4 fully saturated rings. The number of ether oxygens (including phenoxy) is 1. The van der Waals surface area contributed by atoms with Gasteiger partial charge in [-0.15, -0.1) is 0 Å². The van der Waals surface area contributed by atoms with Crippen LogP contribution in [0.2, 0.25) is 0 Å². The van der Waals surface area contributed by atoms with Gasteiger partial charge in [0.2, 0.25) is 0 Å². The molecule has 160 valence electrons. The monoisotopic (exact) mass is 396 g/mol. The van der Waals surface area contributed by atoms with E-state index in [1.165, 1.54) is 68.9 Å². The van der Waals surface area contributed by atoms with Crippen molar-refractivity contribution in [3.05, 3.63) is 29.3 Å². The minimum absolute atomic E-state index is 0.420. The summed E-state index contributed by atoms with van der Waals surface area (Å²) in [5.74, 6) is 4.59. The van der Waals surface area contributed by atoms with E-state index in [1.807, 2.05) is 19.2 Å². The molecule has 1 N–H and O–H groups in total. The number of methoxy groups -OCH3 is 1. The van der Waals surface area contributed by atoms with Crippen LogP contribution in [-0.4, -0.2) is 18.3 Å². The molecular formula is C27H40O2. The first-order valence-electron chi connectivity index (χ1n) is 12.2. The van der Waals surface area contributed by atoms with Crippen LogP contribution in [0.1, 0.15) is 88.7 Å². The zero-order valence-corrected chi connectivity index (χ0v) is 18.9. The second kappa shape index (κ2) is 7.01. The summed E-state index contributed by atoms with van der Waals surface area (Å²) in [4.78, 5) is 0. The maximum atomic E-state index is 10.6. The van der Waals surface area contributed by atoms with Gasteiger partial charge in [-0.1, -0.05) is 26.0 Å². The number of hydrogen-bond donors (Lipinski definition) is 1. The Morgan fingerprint density at radius 1 is 0.931 bits per heavy atom. The molecule has 0 spiro atoms. The molecule has 0 amide bonds. The zero-order chi connectivity index (χ0) is 20.4. The van der Waals surface area contributed by atoms with Gasteiger partial charge in [0, 0.05) is 7.11 Å². The average molecular weight is 397 g/mol. The van der Waals surface area contributed by atoms with Crippen LogP contribution < -0.4 is 0 Å². The van der Waals surface area contributed by atoms with Gasteiger partial charge in [0.1, 0.15) is 5.75 Å². The first-order chi connectivity index (χ1) is 13.9. The highest BCUT2D eigenvalue weighted by Gasteiger charge is 2.60. The second-order valence-corrected chi connectivity index (χ2v) is 11.5. The summed E-state index contributed by atoms with van der Waals surface area (Å²) in [7, 11) is 1.94. The number of hydrogen-bond acceptors (Lipinski definition) is 2.